The van der Waals surface area contributed by atoms with Gasteiger partial charge in [0.25, 0.3) is 0 Å². The van der Waals surface area contributed by atoms with E-state index >= 15 is 0 Å². The summed E-state index contributed by atoms with van der Waals surface area (Å²) in [6.45, 7) is 2.55. The van der Waals surface area contributed by atoms with Gasteiger partial charge in [-0.3, -0.25) is 4.79 Å². The Bertz CT molecular complexity index is 415. The first-order valence-corrected chi connectivity index (χ1v) is 9.17. The molecule has 0 radical (unpaired) electrons. The van der Waals surface area contributed by atoms with Gasteiger partial charge in [0.15, 0.2) is 6.10 Å². The van der Waals surface area contributed by atoms with E-state index < -0.39 is 24.1 Å². The third-order valence-corrected chi connectivity index (χ3v) is 3.66. The van der Waals surface area contributed by atoms with Crippen LogP contribution in [-0.4, -0.2) is 61.4 Å². The number of nitrogens with zero attached hydrogens (tertiary/aromatic N) is 1. The van der Waals surface area contributed by atoms with Crippen molar-refractivity contribution in [3.63, 3.8) is 0 Å². The van der Waals surface area contributed by atoms with E-state index in [1.165, 1.54) is 0 Å². The van der Waals surface area contributed by atoms with Crippen molar-refractivity contribution in [3.8, 4) is 0 Å². The van der Waals surface area contributed by atoms with E-state index in [1.807, 2.05) is 27.2 Å². The average molecular weight is 357 g/mol. The molecule has 0 aliphatic carbocycles. The van der Waals surface area contributed by atoms with E-state index in [1.54, 1.807) is 0 Å². The van der Waals surface area contributed by atoms with Gasteiger partial charge in [0.2, 0.25) is 0 Å². The van der Waals surface area contributed by atoms with Crippen molar-refractivity contribution in [2.75, 3.05) is 27.7 Å². The Morgan fingerprint density at radius 3 is 2.44 bits per heavy atom. The molecule has 2 atom stereocenters. The molecule has 0 spiro atoms. The van der Waals surface area contributed by atoms with Gasteiger partial charge >= 0.3 is 5.97 Å². The number of ether oxygens (including phenoxy) is 1. The lowest BCUT2D eigenvalue weighted by atomic mass is 10.1. The maximum absolute atomic E-state index is 11.9. The van der Waals surface area contributed by atoms with Gasteiger partial charge in [-0.05, 0) is 25.7 Å². The highest BCUT2D eigenvalue weighted by atomic mass is 16.5. The fraction of sp³-hybridized carbons (Fsp3) is 0.789. The summed E-state index contributed by atoms with van der Waals surface area (Å²) in [5, 5.41) is 20.7. The Kier molecular flexibility index (Phi) is 12.2. The number of aliphatic hydroxyl groups excluding tert-OH is 1. The number of carboxylic acid groups (broad SMARTS) is 1. The van der Waals surface area contributed by atoms with Crippen LogP contribution in [-0.2, 0) is 14.3 Å². The minimum absolute atomic E-state index is 0.178. The number of hydrogen-bond acceptors (Lipinski definition) is 5. The van der Waals surface area contributed by atoms with Crippen molar-refractivity contribution >= 4 is 11.9 Å². The molecular formula is C19H35NO5. The average Bonchev–Trinajstić information content (AvgIpc) is 2.44. The van der Waals surface area contributed by atoms with Gasteiger partial charge in [-0.2, -0.15) is 0 Å². The van der Waals surface area contributed by atoms with Crippen LogP contribution in [0.1, 0.15) is 58.3 Å². The summed E-state index contributed by atoms with van der Waals surface area (Å²) in [5.41, 5.74) is 0. The van der Waals surface area contributed by atoms with Crippen LogP contribution < -0.4 is 5.11 Å². The standard InChI is InChI=1S/C19H35NO5/c1-5-6-7-8-9-11-16(21)12-10-13-19(24)25-17(14-18(22)23)15-20(2,3)4/h8-9,16-17,21H,5-7,10-15H2,1-4H3/b9-8+. The second-order valence-electron chi connectivity index (χ2n) is 7.56. The first kappa shape index (κ1) is 23.6. The van der Waals surface area contributed by atoms with Crippen molar-refractivity contribution in [3.05, 3.63) is 12.2 Å². The van der Waals surface area contributed by atoms with E-state index in [0.29, 0.717) is 30.3 Å². The highest BCUT2D eigenvalue weighted by molar-refractivity contribution is 5.70. The van der Waals surface area contributed by atoms with Gasteiger partial charge in [0.1, 0.15) is 6.54 Å². The number of allylic oxidation sites excluding steroid dienone is 1. The summed E-state index contributed by atoms with van der Waals surface area (Å²) in [4.78, 5) is 22.7. The largest absolute Gasteiger partial charge is 0.550 e. The van der Waals surface area contributed by atoms with Crippen molar-refractivity contribution in [1.82, 2.24) is 0 Å². The second kappa shape index (κ2) is 12.9. The van der Waals surface area contributed by atoms with Crippen LogP contribution in [0.5, 0.6) is 0 Å². The molecule has 146 valence electrons. The second-order valence-corrected chi connectivity index (χ2v) is 7.56. The predicted octanol–water partition coefficient (Wildman–Crippen LogP) is 1.41. The molecule has 0 amide bonds. The highest BCUT2D eigenvalue weighted by Gasteiger charge is 2.22. The zero-order chi connectivity index (χ0) is 19.3. The summed E-state index contributed by atoms with van der Waals surface area (Å²) < 4.78 is 5.77. The Morgan fingerprint density at radius 1 is 1.20 bits per heavy atom. The van der Waals surface area contributed by atoms with Gasteiger partial charge in [-0.15, -0.1) is 0 Å². The van der Waals surface area contributed by atoms with Crippen LogP contribution in [0.25, 0.3) is 0 Å². The molecule has 0 fully saturated rings. The zero-order valence-electron chi connectivity index (χ0n) is 16.2. The smallest absolute Gasteiger partial charge is 0.306 e. The molecule has 6 heteroatoms. The molecule has 0 rings (SSSR count). The van der Waals surface area contributed by atoms with Gasteiger partial charge in [0.05, 0.1) is 27.2 Å². The summed E-state index contributed by atoms with van der Waals surface area (Å²) >= 11 is 0. The molecule has 0 saturated heterocycles. The van der Waals surface area contributed by atoms with Gasteiger partial charge in [0, 0.05) is 18.8 Å². The third-order valence-electron chi connectivity index (χ3n) is 3.66. The molecule has 0 aromatic rings. The monoisotopic (exact) mass is 357 g/mol. The van der Waals surface area contributed by atoms with E-state index in [9.17, 15) is 19.8 Å². The molecule has 25 heavy (non-hydrogen) atoms. The number of rotatable bonds is 14. The lowest BCUT2D eigenvalue weighted by molar-refractivity contribution is -0.873. The maximum atomic E-state index is 11.9. The molecule has 6 nitrogen and oxygen atoms in total. The maximum Gasteiger partial charge on any atom is 0.306 e. The van der Waals surface area contributed by atoms with Crippen molar-refractivity contribution in [2.24, 2.45) is 0 Å². The van der Waals surface area contributed by atoms with E-state index in [2.05, 4.69) is 13.0 Å². The number of aliphatic carboxylic acids is 1. The number of carbonyl (C=O) groups is 2. The lowest BCUT2D eigenvalue weighted by Gasteiger charge is -2.29. The molecule has 0 aromatic carbocycles. The molecule has 2 unspecified atom stereocenters. The summed E-state index contributed by atoms with van der Waals surface area (Å²) in [6, 6.07) is 0. The minimum atomic E-state index is -1.23. The van der Waals surface area contributed by atoms with Gasteiger partial charge < -0.3 is 24.2 Å². The molecule has 0 aromatic heterocycles. The number of aliphatic hydroxyl groups is 1. The van der Waals surface area contributed by atoms with Crippen LogP contribution in [0, 0.1) is 0 Å². The predicted molar refractivity (Wildman–Crippen MR) is 95.5 cm³/mol. The van der Waals surface area contributed by atoms with Crippen LogP contribution in [0.15, 0.2) is 12.2 Å². The first-order chi connectivity index (χ1) is 11.6. The third kappa shape index (κ3) is 15.8. The molecule has 0 bridgehead atoms. The van der Waals surface area contributed by atoms with Crippen molar-refractivity contribution < 1.29 is 29.0 Å². The summed E-state index contributed by atoms with van der Waals surface area (Å²) in [5.74, 6) is -1.65. The number of esters is 1. The Hall–Kier alpha value is -1.40. The van der Waals surface area contributed by atoms with Gasteiger partial charge in [-0.1, -0.05) is 31.9 Å². The summed E-state index contributed by atoms with van der Waals surface area (Å²) in [7, 11) is 5.71. The van der Waals surface area contributed by atoms with Crippen molar-refractivity contribution in [2.45, 2.75) is 70.5 Å². The zero-order valence-corrected chi connectivity index (χ0v) is 16.2. The quantitative estimate of drug-likeness (QED) is 0.220. The highest BCUT2D eigenvalue weighted by Crippen LogP contribution is 2.10. The number of quaternary nitrogens is 1. The molecule has 0 saturated carbocycles. The molecule has 0 heterocycles. The molecular weight excluding hydrogens is 322 g/mol. The Morgan fingerprint density at radius 2 is 1.88 bits per heavy atom. The topological polar surface area (TPSA) is 86.7 Å². The van der Waals surface area contributed by atoms with Gasteiger partial charge in [-0.25, -0.2) is 0 Å². The number of likely N-dealkylation sites (N-methyl/N-ethyl adjacent to an activating group) is 1. The fourth-order valence-corrected chi connectivity index (χ4v) is 2.48. The number of unbranched alkanes of at least 4 members (excludes halogenated alkanes) is 2. The van der Waals surface area contributed by atoms with E-state index in [-0.39, 0.29) is 12.8 Å². The lowest BCUT2D eigenvalue weighted by Crippen LogP contribution is -2.45. The Balaban J connectivity index is 4.09. The summed E-state index contributed by atoms with van der Waals surface area (Å²) in [6.07, 6.45) is 7.75. The molecule has 1 N–H and O–H groups in total. The molecule has 0 aliphatic rings. The fourth-order valence-electron chi connectivity index (χ4n) is 2.48. The number of hydrogen-bond donors (Lipinski definition) is 1. The number of carbonyl (C=O) groups excluding carboxylic acids is 2. The first-order valence-electron chi connectivity index (χ1n) is 9.17. The minimum Gasteiger partial charge on any atom is -0.550 e. The number of carboxylic acids is 1. The van der Waals surface area contributed by atoms with E-state index in [4.69, 9.17) is 4.74 Å². The van der Waals surface area contributed by atoms with Crippen LogP contribution in [0.2, 0.25) is 0 Å². The van der Waals surface area contributed by atoms with Crippen LogP contribution in [0.4, 0.5) is 0 Å². The van der Waals surface area contributed by atoms with E-state index in [0.717, 1.165) is 19.3 Å². The van der Waals surface area contributed by atoms with Crippen LogP contribution in [0.3, 0.4) is 0 Å². The van der Waals surface area contributed by atoms with Crippen molar-refractivity contribution in [1.29, 1.82) is 0 Å². The molecule has 0 aliphatic heterocycles. The van der Waals surface area contributed by atoms with Crippen LogP contribution >= 0.6 is 0 Å². The SMILES string of the molecule is CCCC/C=C/CC(O)CCCC(=O)OC(CC(=O)[O-])C[N+](C)(C)C. The normalized spacial score (nSPS) is 14.4. The Labute approximate surface area is 152 Å².